The smallest absolute Gasteiger partial charge is 0.248 e. The van der Waals surface area contributed by atoms with E-state index in [0.29, 0.717) is 17.3 Å². The third-order valence-electron chi connectivity index (χ3n) is 5.08. The van der Waals surface area contributed by atoms with E-state index in [1.54, 1.807) is 29.5 Å². The molecule has 0 aliphatic carbocycles. The number of benzene rings is 2. The molecule has 0 spiro atoms. The fourth-order valence-corrected chi connectivity index (χ4v) is 4.47. The normalized spacial score (nSPS) is 17.0. The van der Waals surface area contributed by atoms with E-state index in [-0.39, 0.29) is 11.7 Å². The standard InChI is InChI=1S/C22H23FN4OS/c1-26(2)18-10-11-27(14-18)22-25-19-8-7-17(13-20(19)29-22)24-21(28)9-6-15-4-3-5-16(23)12-15/h3-9,12-13,18H,10-11,14H2,1-2H3,(H,24,28). The molecule has 0 bridgehead atoms. The van der Waals surface area contributed by atoms with Crippen molar-refractivity contribution in [3.8, 4) is 0 Å². The van der Waals surface area contributed by atoms with Crippen LogP contribution in [-0.4, -0.2) is 49.0 Å². The summed E-state index contributed by atoms with van der Waals surface area (Å²) in [5.41, 5.74) is 2.30. The van der Waals surface area contributed by atoms with Crippen LogP contribution in [0.4, 0.5) is 15.2 Å². The number of amides is 1. The number of halogens is 1. The molecule has 1 fully saturated rings. The summed E-state index contributed by atoms with van der Waals surface area (Å²) in [5.74, 6) is -0.583. The van der Waals surface area contributed by atoms with Crippen molar-refractivity contribution < 1.29 is 9.18 Å². The number of thiazole rings is 1. The first-order valence-electron chi connectivity index (χ1n) is 9.54. The lowest BCUT2D eigenvalue weighted by atomic mass is 10.2. The number of rotatable bonds is 5. The van der Waals surface area contributed by atoms with Crippen LogP contribution < -0.4 is 10.2 Å². The largest absolute Gasteiger partial charge is 0.346 e. The van der Waals surface area contributed by atoms with Crippen LogP contribution in [0.15, 0.2) is 48.5 Å². The number of hydrogen-bond acceptors (Lipinski definition) is 5. The van der Waals surface area contributed by atoms with Gasteiger partial charge in [-0.15, -0.1) is 0 Å². The van der Waals surface area contributed by atoms with Crippen LogP contribution >= 0.6 is 11.3 Å². The number of nitrogens with zero attached hydrogens (tertiary/aromatic N) is 3. The van der Waals surface area contributed by atoms with Gasteiger partial charge in [0, 0.05) is 30.9 Å². The van der Waals surface area contributed by atoms with Crippen LogP contribution in [0.2, 0.25) is 0 Å². The molecule has 1 aromatic heterocycles. The van der Waals surface area contributed by atoms with E-state index in [2.05, 4.69) is 29.2 Å². The van der Waals surface area contributed by atoms with E-state index in [1.165, 1.54) is 18.2 Å². The van der Waals surface area contributed by atoms with Crippen molar-refractivity contribution in [2.24, 2.45) is 0 Å². The maximum Gasteiger partial charge on any atom is 0.248 e. The van der Waals surface area contributed by atoms with Crippen LogP contribution in [0.25, 0.3) is 16.3 Å². The van der Waals surface area contributed by atoms with E-state index >= 15 is 0 Å². The molecule has 1 unspecified atom stereocenters. The molecule has 1 saturated heterocycles. The maximum atomic E-state index is 13.2. The summed E-state index contributed by atoms with van der Waals surface area (Å²) in [6.07, 6.45) is 4.14. The van der Waals surface area contributed by atoms with E-state index < -0.39 is 0 Å². The topological polar surface area (TPSA) is 48.5 Å². The number of aromatic nitrogens is 1. The van der Waals surface area contributed by atoms with Gasteiger partial charge in [-0.2, -0.15) is 0 Å². The molecule has 4 rings (SSSR count). The summed E-state index contributed by atoms with van der Waals surface area (Å²) in [6.45, 7) is 2.00. The highest BCUT2D eigenvalue weighted by Gasteiger charge is 2.26. The Morgan fingerprint density at radius 2 is 2.17 bits per heavy atom. The van der Waals surface area contributed by atoms with Gasteiger partial charge >= 0.3 is 0 Å². The minimum Gasteiger partial charge on any atom is -0.346 e. The van der Waals surface area contributed by atoms with Gasteiger partial charge in [0.25, 0.3) is 0 Å². The second kappa shape index (κ2) is 8.31. The second-order valence-corrected chi connectivity index (χ2v) is 8.42. The predicted octanol–water partition coefficient (Wildman–Crippen LogP) is 4.23. The first-order chi connectivity index (χ1) is 14.0. The van der Waals surface area contributed by atoms with Gasteiger partial charge in [-0.25, -0.2) is 9.37 Å². The summed E-state index contributed by atoms with van der Waals surface area (Å²) < 4.78 is 14.3. The highest BCUT2D eigenvalue weighted by atomic mass is 32.1. The number of carbonyl (C=O) groups excluding carboxylic acids is 1. The second-order valence-electron chi connectivity index (χ2n) is 7.41. The van der Waals surface area contributed by atoms with E-state index in [9.17, 15) is 9.18 Å². The van der Waals surface area contributed by atoms with Crippen molar-refractivity contribution in [2.75, 3.05) is 37.4 Å². The number of hydrogen-bond donors (Lipinski definition) is 1. The van der Waals surface area contributed by atoms with E-state index in [4.69, 9.17) is 4.98 Å². The highest BCUT2D eigenvalue weighted by Crippen LogP contribution is 2.33. The Balaban J connectivity index is 1.44. The fourth-order valence-electron chi connectivity index (χ4n) is 3.43. The lowest BCUT2D eigenvalue weighted by Gasteiger charge is -2.19. The molecule has 2 aromatic carbocycles. The first kappa shape index (κ1) is 19.5. The minimum absolute atomic E-state index is 0.258. The molecule has 1 atom stereocenters. The average Bonchev–Trinajstić information content (AvgIpc) is 3.33. The zero-order valence-electron chi connectivity index (χ0n) is 16.4. The third-order valence-corrected chi connectivity index (χ3v) is 6.16. The van der Waals surface area contributed by atoms with Crippen LogP contribution in [-0.2, 0) is 4.79 Å². The zero-order valence-corrected chi connectivity index (χ0v) is 17.2. The van der Waals surface area contributed by atoms with Crippen molar-refractivity contribution in [3.05, 3.63) is 59.9 Å². The van der Waals surface area contributed by atoms with Crippen molar-refractivity contribution in [2.45, 2.75) is 12.5 Å². The number of fused-ring (bicyclic) bond motifs is 1. The predicted molar refractivity (Wildman–Crippen MR) is 118 cm³/mol. The van der Waals surface area contributed by atoms with Crippen LogP contribution in [0, 0.1) is 5.82 Å². The van der Waals surface area contributed by atoms with Crippen molar-refractivity contribution in [1.29, 1.82) is 0 Å². The molecule has 1 aliphatic heterocycles. The zero-order chi connectivity index (χ0) is 20.4. The Hall–Kier alpha value is -2.77. The SMILES string of the molecule is CN(C)C1CCN(c2nc3ccc(NC(=O)C=Cc4cccc(F)c4)cc3s2)C1. The lowest BCUT2D eigenvalue weighted by Crippen LogP contribution is -2.31. The van der Waals surface area contributed by atoms with Crippen LogP contribution in [0.1, 0.15) is 12.0 Å². The van der Waals surface area contributed by atoms with Gasteiger partial charge < -0.3 is 15.1 Å². The van der Waals surface area contributed by atoms with E-state index in [1.807, 2.05) is 18.2 Å². The Kier molecular flexibility index (Phi) is 5.60. The summed E-state index contributed by atoms with van der Waals surface area (Å²) in [6, 6.07) is 12.4. The molecule has 1 amide bonds. The Labute approximate surface area is 173 Å². The summed E-state index contributed by atoms with van der Waals surface area (Å²) in [4.78, 5) is 21.6. The van der Waals surface area contributed by atoms with Crippen LogP contribution in [0.5, 0.6) is 0 Å². The van der Waals surface area contributed by atoms with Gasteiger partial charge in [-0.1, -0.05) is 23.5 Å². The number of likely N-dealkylation sites (N-methyl/N-ethyl adjacent to an activating group) is 1. The molecule has 7 heteroatoms. The summed E-state index contributed by atoms with van der Waals surface area (Å²) in [5, 5.41) is 3.89. The molecule has 1 aliphatic rings. The molecular formula is C22H23FN4OS. The first-order valence-corrected chi connectivity index (χ1v) is 10.4. The van der Waals surface area contributed by atoms with Crippen molar-refractivity contribution >= 4 is 44.4 Å². The van der Waals surface area contributed by atoms with Gasteiger partial charge in [-0.3, -0.25) is 4.79 Å². The van der Waals surface area contributed by atoms with Gasteiger partial charge in [0.1, 0.15) is 5.82 Å². The maximum absolute atomic E-state index is 13.2. The molecule has 150 valence electrons. The molecule has 0 radical (unpaired) electrons. The quantitative estimate of drug-likeness (QED) is 0.640. The van der Waals surface area contributed by atoms with Crippen molar-refractivity contribution in [1.82, 2.24) is 9.88 Å². The molecule has 5 nitrogen and oxygen atoms in total. The Bertz CT molecular complexity index is 1060. The molecular weight excluding hydrogens is 387 g/mol. The molecule has 1 N–H and O–H groups in total. The molecule has 0 saturated carbocycles. The minimum atomic E-state index is -0.325. The number of anilines is 2. The third kappa shape index (κ3) is 4.63. The number of carbonyl (C=O) groups is 1. The average molecular weight is 411 g/mol. The highest BCUT2D eigenvalue weighted by molar-refractivity contribution is 7.22. The molecule has 2 heterocycles. The molecule has 29 heavy (non-hydrogen) atoms. The summed E-state index contributed by atoms with van der Waals surface area (Å²) in [7, 11) is 4.23. The lowest BCUT2D eigenvalue weighted by molar-refractivity contribution is -0.111. The monoisotopic (exact) mass is 410 g/mol. The van der Waals surface area contributed by atoms with E-state index in [0.717, 1.165) is 34.9 Å². The van der Waals surface area contributed by atoms with Gasteiger partial charge in [0.15, 0.2) is 5.13 Å². The van der Waals surface area contributed by atoms with Gasteiger partial charge in [0.05, 0.1) is 10.2 Å². The summed E-state index contributed by atoms with van der Waals surface area (Å²) >= 11 is 1.65. The Morgan fingerprint density at radius 1 is 1.31 bits per heavy atom. The van der Waals surface area contributed by atoms with Crippen LogP contribution in [0.3, 0.4) is 0 Å². The Morgan fingerprint density at radius 3 is 2.93 bits per heavy atom. The number of nitrogens with one attached hydrogen (secondary N) is 1. The van der Waals surface area contributed by atoms with Gasteiger partial charge in [0.2, 0.25) is 5.91 Å². The fraction of sp³-hybridized carbons (Fsp3) is 0.273. The molecule has 3 aromatic rings. The van der Waals surface area contributed by atoms with Gasteiger partial charge in [-0.05, 0) is 62.5 Å². The van der Waals surface area contributed by atoms with Crippen molar-refractivity contribution in [3.63, 3.8) is 0 Å².